The normalized spacial score (nSPS) is 28.1. The quantitative estimate of drug-likeness (QED) is 0.766. The van der Waals surface area contributed by atoms with Gasteiger partial charge in [0.05, 0.1) is 0 Å². The fourth-order valence-electron chi connectivity index (χ4n) is 3.03. The van der Waals surface area contributed by atoms with Crippen molar-refractivity contribution in [2.75, 3.05) is 14.1 Å². The lowest BCUT2D eigenvalue weighted by molar-refractivity contribution is -0.136. The molecule has 1 aromatic rings. The Hall–Kier alpha value is -1.35. The highest BCUT2D eigenvalue weighted by molar-refractivity contribution is 5.37. The van der Waals surface area contributed by atoms with Gasteiger partial charge in [-0.3, -0.25) is 9.69 Å². The van der Waals surface area contributed by atoms with Crippen LogP contribution in [0.25, 0.3) is 0 Å². The lowest BCUT2D eigenvalue weighted by Crippen LogP contribution is -2.45. The van der Waals surface area contributed by atoms with Gasteiger partial charge < -0.3 is 4.74 Å². The summed E-state index contributed by atoms with van der Waals surface area (Å²) in [5, 5.41) is 0. The molecule has 0 bridgehead atoms. The maximum absolute atomic E-state index is 10.4. The standard InChI is InChI=1S/C15H21NO2/c1-16(2)15(13-6-4-3-5-7-13)10-8-14(9-11-15)18-12-17/h3-7,12,14H,8-11H2,1-2H3. The van der Waals surface area contributed by atoms with Crippen LogP contribution in [0.3, 0.4) is 0 Å². The smallest absolute Gasteiger partial charge is 0.293 e. The van der Waals surface area contributed by atoms with Crippen molar-refractivity contribution in [3.05, 3.63) is 35.9 Å². The largest absolute Gasteiger partial charge is 0.465 e. The number of nitrogens with zero attached hydrogens (tertiary/aromatic N) is 1. The van der Waals surface area contributed by atoms with E-state index in [0.29, 0.717) is 6.47 Å². The number of carbonyl (C=O) groups excluding carboxylic acids is 1. The van der Waals surface area contributed by atoms with Crippen LogP contribution in [0.2, 0.25) is 0 Å². The molecule has 0 radical (unpaired) electrons. The third-order valence-corrected chi connectivity index (χ3v) is 4.17. The van der Waals surface area contributed by atoms with Gasteiger partial charge in [-0.1, -0.05) is 30.3 Å². The minimum Gasteiger partial charge on any atom is -0.465 e. The summed E-state index contributed by atoms with van der Waals surface area (Å²) in [6, 6.07) is 10.6. The van der Waals surface area contributed by atoms with Crippen molar-refractivity contribution in [1.29, 1.82) is 0 Å². The molecule has 3 heteroatoms. The maximum Gasteiger partial charge on any atom is 0.293 e. The van der Waals surface area contributed by atoms with Gasteiger partial charge in [-0.05, 0) is 45.3 Å². The summed E-state index contributed by atoms with van der Waals surface area (Å²) in [4.78, 5) is 12.7. The van der Waals surface area contributed by atoms with Gasteiger partial charge in [0.1, 0.15) is 6.10 Å². The van der Waals surface area contributed by atoms with Crippen LogP contribution < -0.4 is 0 Å². The predicted molar refractivity (Wildman–Crippen MR) is 71.2 cm³/mol. The Morgan fingerprint density at radius 3 is 2.33 bits per heavy atom. The van der Waals surface area contributed by atoms with Crippen LogP contribution in [-0.4, -0.2) is 31.6 Å². The summed E-state index contributed by atoms with van der Waals surface area (Å²) in [6.45, 7) is 0.579. The summed E-state index contributed by atoms with van der Waals surface area (Å²) in [5.74, 6) is 0. The lowest BCUT2D eigenvalue weighted by Gasteiger charge is -2.45. The highest BCUT2D eigenvalue weighted by atomic mass is 16.5. The van der Waals surface area contributed by atoms with Crippen LogP contribution in [0.4, 0.5) is 0 Å². The van der Waals surface area contributed by atoms with Crippen LogP contribution in [0.5, 0.6) is 0 Å². The fraction of sp³-hybridized carbons (Fsp3) is 0.533. The molecule has 0 atom stereocenters. The zero-order valence-corrected chi connectivity index (χ0v) is 11.1. The molecule has 0 saturated heterocycles. The minimum absolute atomic E-state index is 0.0873. The number of hydrogen-bond donors (Lipinski definition) is 0. The lowest BCUT2D eigenvalue weighted by atomic mass is 9.74. The topological polar surface area (TPSA) is 29.5 Å². The van der Waals surface area contributed by atoms with Crippen molar-refractivity contribution >= 4 is 6.47 Å². The van der Waals surface area contributed by atoms with Gasteiger partial charge in [0, 0.05) is 5.54 Å². The molecule has 3 nitrogen and oxygen atoms in total. The molecule has 0 aliphatic heterocycles. The fourth-order valence-corrected chi connectivity index (χ4v) is 3.03. The molecule has 1 aromatic carbocycles. The monoisotopic (exact) mass is 247 g/mol. The average molecular weight is 247 g/mol. The molecule has 0 spiro atoms. The first kappa shape index (κ1) is 13.1. The number of carbonyl (C=O) groups is 1. The third kappa shape index (κ3) is 2.41. The summed E-state index contributed by atoms with van der Waals surface area (Å²) in [6.07, 6.45) is 4.03. The summed E-state index contributed by atoms with van der Waals surface area (Å²) in [7, 11) is 4.27. The number of benzene rings is 1. The van der Waals surface area contributed by atoms with Crippen molar-refractivity contribution in [3.8, 4) is 0 Å². The van der Waals surface area contributed by atoms with Crippen LogP contribution in [0.15, 0.2) is 30.3 Å². The molecule has 0 N–H and O–H groups in total. The van der Waals surface area contributed by atoms with Gasteiger partial charge in [0.25, 0.3) is 6.47 Å². The molecule has 2 rings (SSSR count). The van der Waals surface area contributed by atoms with E-state index in [1.807, 2.05) is 6.07 Å². The Balaban J connectivity index is 2.18. The average Bonchev–Trinajstić information content (AvgIpc) is 2.41. The zero-order chi connectivity index (χ0) is 13.0. The molecule has 1 aliphatic rings. The summed E-state index contributed by atoms with van der Waals surface area (Å²) >= 11 is 0. The first-order valence-corrected chi connectivity index (χ1v) is 6.51. The Bertz CT molecular complexity index is 381. The van der Waals surface area contributed by atoms with Crippen molar-refractivity contribution in [2.45, 2.75) is 37.3 Å². The number of rotatable bonds is 4. The second kappa shape index (κ2) is 5.53. The highest BCUT2D eigenvalue weighted by Crippen LogP contribution is 2.41. The molecule has 98 valence electrons. The van der Waals surface area contributed by atoms with Crippen molar-refractivity contribution in [2.24, 2.45) is 0 Å². The first-order chi connectivity index (χ1) is 8.69. The van der Waals surface area contributed by atoms with E-state index in [1.165, 1.54) is 5.56 Å². The molecule has 1 saturated carbocycles. The van der Waals surface area contributed by atoms with E-state index >= 15 is 0 Å². The van der Waals surface area contributed by atoms with E-state index in [-0.39, 0.29) is 11.6 Å². The molecular weight excluding hydrogens is 226 g/mol. The minimum atomic E-state index is 0.0873. The molecule has 1 fully saturated rings. The molecule has 0 heterocycles. The maximum atomic E-state index is 10.4. The van der Waals surface area contributed by atoms with E-state index in [9.17, 15) is 4.79 Å². The molecule has 18 heavy (non-hydrogen) atoms. The third-order valence-electron chi connectivity index (χ3n) is 4.17. The second-order valence-electron chi connectivity index (χ2n) is 5.22. The van der Waals surface area contributed by atoms with Crippen LogP contribution in [-0.2, 0) is 15.1 Å². The van der Waals surface area contributed by atoms with Crippen LogP contribution in [0, 0.1) is 0 Å². The second-order valence-corrected chi connectivity index (χ2v) is 5.22. The number of hydrogen-bond acceptors (Lipinski definition) is 3. The zero-order valence-electron chi connectivity index (χ0n) is 11.1. The predicted octanol–water partition coefficient (Wildman–Crippen LogP) is 2.56. The van der Waals surface area contributed by atoms with Crippen molar-refractivity contribution in [1.82, 2.24) is 4.90 Å². The van der Waals surface area contributed by atoms with Gasteiger partial charge in [-0.25, -0.2) is 0 Å². The van der Waals surface area contributed by atoms with E-state index in [0.717, 1.165) is 25.7 Å². The van der Waals surface area contributed by atoms with Crippen molar-refractivity contribution < 1.29 is 9.53 Å². The van der Waals surface area contributed by atoms with E-state index in [2.05, 4.69) is 43.3 Å². The van der Waals surface area contributed by atoms with Crippen molar-refractivity contribution in [3.63, 3.8) is 0 Å². The molecule has 0 unspecified atom stereocenters. The Labute approximate surface area is 109 Å². The SMILES string of the molecule is CN(C)C1(c2ccccc2)CCC(OC=O)CC1. The van der Waals surface area contributed by atoms with Gasteiger partial charge in [-0.15, -0.1) is 0 Å². The van der Waals surface area contributed by atoms with Gasteiger partial charge in [-0.2, -0.15) is 0 Å². The highest BCUT2D eigenvalue weighted by Gasteiger charge is 2.39. The Morgan fingerprint density at radius 1 is 1.22 bits per heavy atom. The van der Waals surface area contributed by atoms with E-state index < -0.39 is 0 Å². The number of ether oxygens (including phenoxy) is 1. The summed E-state index contributed by atoms with van der Waals surface area (Å²) < 4.78 is 5.09. The van der Waals surface area contributed by atoms with E-state index in [4.69, 9.17) is 4.74 Å². The van der Waals surface area contributed by atoms with Gasteiger partial charge >= 0.3 is 0 Å². The van der Waals surface area contributed by atoms with Crippen LogP contribution >= 0.6 is 0 Å². The van der Waals surface area contributed by atoms with Gasteiger partial charge in [0.2, 0.25) is 0 Å². The Morgan fingerprint density at radius 2 is 1.83 bits per heavy atom. The molecule has 0 aromatic heterocycles. The van der Waals surface area contributed by atoms with Crippen LogP contribution in [0.1, 0.15) is 31.2 Å². The molecular formula is C15H21NO2. The Kier molecular flexibility index (Phi) is 4.02. The molecule has 1 aliphatic carbocycles. The first-order valence-electron chi connectivity index (χ1n) is 6.51. The van der Waals surface area contributed by atoms with E-state index in [1.54, 1.807) is 0 Å². The van der Waals surface area contributed by atoms with Gasteiger partial charge in [0.15, 0.2) is 0 Å². The molecule has 0 amide bonds. The summed E-state index contributed by atoms with van der Waals surface area (Å²) in [5.41, 5.74) is 1.45.